The van der Waals surface area contributed by atoms with Crippen LogP contribution in [0.3, 0.4) is 0 Å². The molecule has 1 aromatic carbocycles. The molecule has 0 atom stereocenters. The fraction of sp³-hybridized carbons (Fsp3) is 0.0588. The van der Waals surface area contributed by atoms with Crippen molar-refractivity contribution in [2.45, 2.75) is 16.7 Å². The average molecular weight is 425 g/mol. The molecule has 26 heavy (non-hydrogen) atoms. The molecule has 0 bridgehead atoms. The van der Waals surface area contributed by atoms with Gasteiger partial charge in [-0.15, -0.1) is 22.7 Å². The Morgan fingerprint density at radius 3 is 2.58 bits per heavy atom. The lowest BCUT2D eigenvalue weighted by Gasteiger charge is -2.05. The van der Waals surface area contributed by atoms with Crippen LogP contribution in [0.2, 0.25) is 5.02 Å². The molecule has 0 fully saturated rings. The van der Waals surface area contributed by atoms with Crippen LogP contribution < -0.4 is 5.43 Å². The minimum Gasteiger partial charge on any atom is -0.266 e. The van der Waals surface area contributed by atoms with Gasteiger partial charge in [0.2, 0.25) is 9.84 Å². The van der Waals surface area contributed by atoms with E-state index >= 15 is 0 Å². The van der Waals surface area contributed by atoms with Crippen molar-refractivity contribution in [3.05, 3.63) is 67.5 Å². The van der Waals surface area contributed by atoms with Crippen molar-refractivity contribution >= 4 is 56.2 Å². The molecule has 0 aliphatic carbocycles. The van der Waals surface area contributed by atoms with E-state index in [2.05, 4.69) is 10.5 Å². The van der Waals surface area contributed by atoms with Crippen LogP contribution in [0.1, 0.15) is 20.1 Å². The summed E-state index contributed by atoms with van der Waals surface area (Å²) in [6, 6.07) is 9.67. The van der Waals surface area contributed by atoms with Crippen LogP contribution in [0.25, 0.3) is 0 Å². The number of sulfone groups is 1. The summed E-state index contributed by atoms with van der Waals surface area (Å²) in [5.74, 6) is -0.446. The van der Waals surface area contributed by atoms with Crippen molar-refractivity contribution in [1.82, 2.24) is 5.43 Å². The van der Waals surface area contributed by atoms with Crippen LogP contribution in [0, 0.1) is 6.92 Å². The standard InChI is InChI=1S/C17H13ClN2O3S3/c1-11-15(26(22,23)14-6-4-12(18)5-7-14)10-25-16(11)17(21)20-19-9-13-3-2-8-24-13/h2-10H,1H3,(H,20,21)/b19-9-. The van der Waals surface area contributed by atoms with E-state index in [4.69, 9.17) is 11.6 Å². The van der Waals surface area contributed by atoms with Gasteiger partial charge in [0.05, 0.1) is 20.9 Å². The van der Waals surface area contributed by atoms with Gasteiger partial charge < -0.3 is 0 Å². The molecule has 0 spiro atoms. The molecule has 0 radical (unpaired) electrons. The minimum absolute atomic E-state index is 0.109. The molecule has 0 unspecified atom stereocenters. The van der Waals surface area contributed by atoms with Gasteiger partial charge in [-0.05, 0) is 48.2 Å². The zero-order chi connectivity index (χ0) is 18.7. The monoisotopic (exact) mass is 424 g/mol. The molecule has 5 nitrogen and oxygen atoms in total. The molecule has 0 saturated heterocycles. The number of hydrogen-bond acceptors (Lipinski definition) is 6. The number of benzene rings is 1. The Hall–Kier alpha value is -2.00. The minimum atomic E-state index is -3.72. The van der Waals surface area contributed by atoms with E-state index in [0.717, 1.165) is 16.2 Å². The average Bonchev–Trinajstić information content (AvgIpc) is 3.25. The molecular weight excluding hydrogens is 412 g/mol. The second-order valence-corrected chi connectivity index (χ2v) is 9.44. The molecule has 9 heteroatoms. The van der Waals surface area contributed by atoms with Crippen molar-refractivity contribution in [2.75, 3.05) is 0 Å². The van der Waals surface area contributed by atoms with Crippen LogP contribution in [-0.2, 0) is 9.84 Å². The van der Waals surface area contributed by atoms with Crippen molar-refractivity contribution < 1.29 is 13.2 Å². The lowest BCUT2D eigenvalue weighted by atomic mass is 10.3. The van der Waals surface area contributed by atoms with E-state index in [1.165, 1.54) is 47.2 Å². The van der Waals surface area contributed by atoms with Gasteiger partial charge in [0.25, 0.3) is 5.91 Å². The number of carbonyl (C=O) groups is 1. The van der Waals surface area contributed by atoms with Gasteiger partial charge in [-0.3, -0.25) is 4.79 Å². The van der Waals surface area contributed by atoms with Gasteiger partial charge in [-0.1, -0.05) is 17.7 Å². The van der Waals surface area contributed by atoms with Gasteiger partial charge in [0, 0.05) is 15.3 Å². The van der Waals surface area contributed by atoms with Crippen molar-refractivity contribution in [3.63, 3.8) is 0 Å². The SMILES string of the molecule is Cc1c(S(=O)(=O)c2ccc(Cl)cc2)csc1C(=O)N/N=C\c1cccs1. The van der Waals surface area contributed by atoms with E-state index in [9.17, 15) is 13.2 Å². The third-order valence-corrected chi connectivity index (χ3v) is 7.70. The largest absolute Gasteiger partial charge is 0.281 e. The number of nitrogens with zero attached hydrogens (tertiary/aromatic N) is 1. The summed E-state index contributed by atoms with van der Waals surface area (Å²) in [5, 5.41) is 7.73. The third kappa shape index (κ3) is 3.88. The van der Waals surface area contributed by atoms with E-state index < -0.39 is 15.7 Å². The second-order valence-electron chi connectivity index (χ2n) is 5.23. The van der Waals surface area contributed by atoms with Crippen LogP contribution in [0.4, 0.5) is 0 Å². The molecule has 3 aromatic rings. The van der Waals surface area contributed by atoms with Gasteiger partial charge in [0.15, 0.2) is 0 Å². The molecule has 0 aliphatic rings. The van der Waals surface area contributed by atoms with Gasteiger partial charge in [-0.25, -0.2) is 13.8 Å². The van der Waals surface area contributed by atoms with Gasteiger partial charge >= 0.3 is 0 Å². The summed E-state index contributed by atoms with van der Waals surface area (Å²) in [7, 11) is -3.72. The van der Waals surface area contributed by atoms with Crippen LogP contribution in [0.5, 0.6) is 0 Å². The summed E-state index contributed by atoms with van der Waals surface area (Å²) in [6.07, 6.45) is 1.54. The summed E-state index contributed by atoms with van der Waals surface area (Å²) in [4.78, 5) is 13.7. The number of hydrogen-bond donors (Lipinski definition) is 1. The first-order valence-electron chi connectivity index (χ1n) is 7.35. The maximum absolute atomic E-state index is 12.8. The number of nitrogens with one attached hydrogen (secondary N) is 1. The number of amides is 1. The number of thiophene rings is 2. The predicted molar refractivity (Wildman–Crippen MR) is 105 cm³/mol. The smallest absolute Gasteiger partial charge is 0.266 e. The maximum Gasteiger partial charge on any atom is 0.281 e. The summed E-state index contributed by atoms with van der Waals surface area (Å²) in [5.41, 5.74) is 2.82. The second kappa shape index (κ2) is 7.71. The number of hydrazone groups is 1. The Labute approximate surface area is 163 Å². The van der Waals surface area contributed by atoms with E-state index in [1.54, 1.807) is 6.92 Å². The normalized spacial score (nSPS) is 11.8. The fourth-order valence-corrected chi connectivity index (χ4v) is 5.72. The molecule has 1 N–H and O–H groups in total. The van der Waals surface area contributed by atoms with Crippen molar-refractivity contribution in [1.29, 1.82) is 0 Å². The quantitative estimate of drug-likeness (QED) is 0.488. The number of carbonyl (C=O) groups excluding carboxylic acids is 1. The Morgan fingerprint density at radius 2 is 1.92 bits per heavy atom. The lowest BCUT2D eigenvalue weighted by Crippen LogP contribution is -2.17. The van der Waals surface area contributed by atoms with Gasteiger partial charge in [-0.2, -0.15) is 5.10 Å². The maximum atomic E-state index is 12.8. The molecule has 2 heterocycles. The predicted octanol–water partition coefficient (Wildman–Crippen LogP) is 4.37. The highest BCUT2D eigenvalue weighted by Gasteiger charge is 2.25. The first-order chi connectivity index (χ1) is 12.4. The topological polar surface area (TPSA) is 75.6 Å². The third-order valence-electron chi connectivity index (χ3n) is 3.51. The van der Waals surface area contributed by atoms with E-state index in [-0.39, 0.29) is 9.79 Å². The molecule has 2 aromatic heterocycles. The molecular formula is C17H13ClN2O3S3. The van der Waals surface area contributed by atoms with Crippen LogP contribution in [-0.4, -0.2) is 20.5 Å². The Morgan fingerprint density at radius 1 is 1.19 bits per heavy atom. The highest BCUT2D eigenvalue weighted by atomic mass is 35.5. The van der Waals surface area contributed by atoms with Crippen LogP contribution >= 0.6 is 34.3 Å². The summed E-state index contributed by atoms with van der Waals surface area (Å²) >= 11 is 8.37. The highest BCUT2D eigenvalue weighted by Crippen LogP contribution is 2.31. The Kier molecular flexibility index (Phi) is 5.57. The lowest BCUT2D eigenvalue weighted by molar-refractivity contribution is 0.0958. The molecule has 3 rings (SSSR count). The van der Waals surface area contributed by atoms with Crippen molar-refractivity contribution in [3.8, 4) is 0 Å². The Balaban J connectivity index is 1.83. The number of rotatable bonds is 5. The first kappa shape index (κ1) is 18.8. The van der Waals surface area contributed by atoms with Crippen LogP contribution in [0.15, 0.2) is 62.1 Å². The molecule has 1 amide bonds. The zero-order valence-electron chi connectivity index (χ0n) is 13.5. The van der Waals surface area contributed by atoms with E-state index in [0.29, 0.717) is 15.5 Å². The van der Waals surface area contributed by atoms with Crippen molar-refractivity contribution in [2.24, 2.45) is 5.10 Å². The number of halogens is 1. The molecule has 134 valence electrons. The Bertz CT molecular complexity index is 1050. The zero-order valence-corrected chi connectivity index (χ0v) is 16.7. The molecule has 0 aliphatic heterocycles. The van der Waals surface area contributed by atoms with E-state index in [1.807, 2.05) is 17.5 Å². The molecule has 0 saturated carbocycles. The summed E-state index contributed by atoms with van der Waals surface area (Å²) < 4.78 is 25.5. The summed E-state index contributed by atoms with van der Waals surface area (Å²) in [6.45, 7) is 1.61. The van der Waals surface area contributed by atoms with Gasteiger partial charge in [0.1, 0.15) is 0 Å². The highest BCUT2D eigenvalue weighted by molar-refractivity contribution is 7.91. The first-order valence-corrected chi connectivity index (χ1v) is 11.0. The fourth-order valence-electron chi connectivity index (χ4n) is 2.20.